The van der Waals surface area contributed by atoms with E-state index in [1.54, 1.807) is 48.5 Å². The lowest BCUT2D eigenvalue weighted by molar-refractivity contribution is -0.147. The van der Waals surface area contributed by atoms with Crippen molar-refractivity contribution in [1.82, 2.24) is 0 Å². The molecule has 7 heteroatoms. The van der Waals surface area contributed by atoms with Crippen LogP contribution in [0.5, 0.6) is 0 Å². The molecule has 0 N–H and O–H groups in total. The molecule has 36 heavy (non-hydrogen) atoms. The molecule has 3 aromatic rings. The van der Waals surface area contributed by atoms with Crippen LogP contribution in [0.3, 0.4) is 0 Å². The van der Waals surface area contributed by atoms with Gasteiger partial charge in [-0.25, -0.2) is 9.59 Å². The molecule has 0 aliphatic heterocycles. The highest BCUT2D eigenvalue weighted by molar-refractivity contribution is 9.09. The second-order valence-corrected chi connectivity index (χ2v) is 9.40. The van der Waals surface area contributed by atoms with E-state index in [4.69, 9.17) is 14.2 Å². The van der Waals surface area contributed by atoms with Gasteiger partial charge in [-0.2, -0.15) is 0 Å². The number of hydrogen-bond acceptors (Lipinski definition) is 6. The number of alkyl halides is 1. The Morgan fingerprint density at radius 1 is 0.750 bits per heavy atom. The van der Waals surface area contributed by atoms with Crippen LogP contribution >= 0.6 is 15.9 Å². The second kappa shape index (κ2) is 13.6. The first-order valence-corrected chi connectivity index (χ1v) is 12.6. The zero-order chi connectivity index (χ0) is 25.9. The van der Waals surface area contributed by atoms with E-state index >= 15 is 0 Å². The molecule has 0 amide bonds. The van der Waals surface area contributed by atoms with Gasteiger partial charge in [0.2, 0.25) is 0 Å². The maximum atomic E-state index is 12.9. The second-order valence-electron chi connectivity index (χ2n) is 8.34. The molecule has 6 nitrogen and oxygen atoms in total. The van der Waals surface area contributed by atoms with E-state index in [1.807, 2.05) is 49.4 Å². The van der Waals surface area contributed by atoms with Crippen LogP contribution in [0, 0.1) is 5.92 Å². The van der Waals surface area contributed by atoms with E-state index in [0.717, 1.165) is 5.56 Å². The van der Waals surface area contributed by atoms with Crippen molar-refractivity contribution in [3.8, 4) is 0 Å². The fraction of sp³-hybridized carbons (Fsp3) is 0.276. The summed E-state index contributed by atoms with van der Waals surface area (Å²) in [6, 6.07) is 26.8. The summed E-state index contributed by atoms with van der Waals surface area (Å²) in [6.07, 6.45) is -0.974. The zero-order valence-electron chi connectivity index (χ0n) is 20.2. The fourth-order valence-electron chi connectivity index (χ4n) is 3.75. The van der Waals surface area contributed by atoms with Gasteiger partial charge in [0.1, 0.15) is 12.2 Å². The minimum absolute atomic E-state index is 0.0497. The summed E-state index contributed by atoms with van der Waals surface area (Å²) in [6.45, 7) is 3.31. The molecule has 0 aliphatic carbocycles. The molecule has 0 unspecified atom stereocenters. The summed E-state index contributed by atoms with van der Waals surface area (Å²) in [5.74, 6) is -1.66. The Bertz CT molecular complexity index is 1120. The molecule has 188 valence electrons. The summed E-state index contributed by atoms with van der Waals surface area (Å²) < 4.78 is 17.0. The smallest absolute Gasteiger partial charge is 0.338 e. The van der Waals surface area contributed by atoms with Gasteiger partial charge in [-0.1, -0.05) is 89.6 Å². The standard InChI is InChI=1S/C29H29BrO6/c1-20(26(30)27(35-21(2)31)22-12-6-3-7-13-22)25(36-29(33)24-16-10-5-11-17-24)18-19-34-28(32)23-14-8-4-9-15-23/h3-17,20,25-27H,18-19H2,1-2H3/t20-,25-,26-,27+/m0/s1. The first-order valence-electron chi connectivity index (χ1n) is 11.7. The highest BCUT2D eigenvalue weighted by atomic mass is 79.9. The lowest BCUT2D eigenvalue weighted by Gasteiger charge is -2.32. The molecule has 3 rings (SSSR count). The topological polar surface area (TPSA) is 78.9 Å². The van der Waals surface area contributed by atoms with Crippen LogP contribution in [0.4, 0.5) is 0 Å². The molecule has 0 fully saturated rings. The van der Waals surface area contributed by atoms with Gasteiger partial charge >= 0.3 is 17.9 Å². The summed E-state index contributed by atoms with van der Waals surface area (Å²) >= 11 is 3.70. The van der Waals surface area contributed by atoms with Crippen LogP contribution in [-0.4, -0.2) is 35.4 Å². The lowest BCUT2D eigenvalue weighted by atomic mass is 9.92. The maximum absolute atomic E-state index is 12.9. The molecule has 0 bridgehead atoms. The first kappa shape index (κ1) is 27.1. The fourth-order valence-corrected chi connectivity index (χ4v) is 4.51. The average molecular weight is 553 g/mol. The van der Waals surface area contributed by atoms with Crippen LogP contribution in [-0.2, 0) is 19.0 Å². The summed E-state index contributed by atoms with van der Waals surface area (Å²) in [5.41, 5.74) is 1.67. The van der Waals surface area contributed by atoms with Crippen molar-refractivity contribution in [2.45, 2.75) is 37.3 Å². The van der Waals surface area contributed by atoms with E-state index in [1.165, 1.54) is 6.92 Å². The molecule has 4 atom stereocenters. The molecule has 3 aromatic carbocycles. The van der Waals surface area contributed by atoms with Crippen LogP contribution in [0.1, 0.15) is 52.7 Å². The molecular weight excluding hydrogens is 524 g/mol. The van der Waals surface area contributed by atoms with Crippen LogP contribution in [0.2, 0.25) is 0 Å². The van der Waals surface area contributed by atoms with Gasteiger partial charge in [0.15, 0.2) is 0 Å². The van der Waals surface area contributed by atoms with E-state index < -0.39 is 30.1 Å². The Hall–Kier alpha value is -3.45. The summed E-state index contributed by atoms with van der Waals surface area (Å²) in [5, 5.41) is 0. The van der Waals surface area contributed by atoms with Crippen molar-refractivity contribution >= 4 is 33.8 Å². The predicted molar refractivity (Wildman–Crippen MR) is 140 cm³/mol. The molecule has 0 heterocycles. The van der Waals surface area contributed by atoms with E-state index in [0.29, 0.717) is 11.1 Å². The third kappa shape index (κ3) is 7.78. The summed E-state index contributed by atoms with van der Waals surface area (Å²) in [7, 11) is 0. The third-order valence-electron chi connectivity index (χ3n) is 5.71. The molecule has 0 spiro atoms. The Balaban J connectivity index is 1.77. The Morgan fingerprint density at radius 2 is 1.25 bits per heavy atom. The molecule has 0 radical (unpaired) electrons. The molecule has 0 aliphatic rings. The molecule has 0 saturated carbocycles. The van der Waals surface area contributed by atoms with E-state index in [2.05, 4.69) is 15.9 Å². The van der Waals surface area contributed by atoms with Crippen molar-refractivity contribution in [1.29, 1.82) is 0 Å². The van der Waals surface area contributed by atoms with Crippen LogP contribution < -0.4 is 0 Å². The monoisotopic (exact) mass is 552 g/mol. The maximum Gasteiger partial charge on any atom is 0.338 e. The van der Waals surface area contributed by atoms with Gasteiger partial charge in [0.05, 0.1) is 22.6 Å². The number of carbonyl (C=O) groups excluding carboxylic acids is 3. The predicted octanol–water partition coefficient (Wildman–Crippen LogP) is 6.16. The van der Waals surface area contributed by atoms with Gasteiger partial charge in [-0.05, 0) is 29.8 Å². The van der Waals surface area contributed by atoms with Gasteiger partial charge in [-0.15, -0.1) is 0 Å². The SMILES string of the molecule is CC(=O)O[C@H](c1ccccc1)[C@@H](Br)[C@@H](C)[C@H](CCOC(=O)c1ccccc1)OC(=O)c1ccccc1. The lowest BCUT2D eigenvalue weighted by Crippen LogP contribution is -2.36. The van der Waals surface area contributed by atoms with E-state index in [-0.39, 0.29) is 23.8 Å². The first-order chi connectivity index (χ1) is 17.4. The number of hydrogen-bond donors (Lipinski definition) is 0. The number of esters is 3. The highest BCUT2D eigenvalue weighted by Gasteiger charge is 2.35. The van der Waals surface area contributed by atoms with Crippen LogP contribution in [0.25, 0.3) is 0 Å². The number of benzene rings is 3. The van der Waals surface area contributed by atoms with E-state index in [9.17, 15) is 14.4 Å². The number of ether oxygens (including phenoxy) is 3. The number of carbonyl (C=O) groups is 3. The van der Waals surface area contributed by atoms with Gasteiger partial charge in [0, 0.05) is 19.3 Å². The minimum Gasteiger partial charge on any atom is -0.462 e. The third-order valence-corrected chi connectivity index (χ3v) is 7.03. The van der Waals surface area contributed by atoms with Crippen molar-refractivity contribution in [3.63, 3.8) is 0 Å². The van der Waals surface area contributed by atoms with Crippen molar-refractivity contribution in [2.24, 2.45) is 5.92 Å². The highest BCUT2D eigenvalue weighted by Crippen LogP contribution is 2.35. The number of halogens is 1. The Kier molecular flexibility index (Phi) is 10.2. The Morgan fingerprint density at radius 3 is 1.78 bits per heavy atom. The quantitative estimate of drug-likeness (QED) is 0.161. The van der Waals surface area contributed by atoms with Gasteiger partial charge < -0.3 is 14.2 Å². The molecular formula is C29H29BrO6. The number of rotatable bonds is 11. The van der Waals surface area contributed by atoms with Gasteiger partial charge in [-0.3, -0.25) is 4.79 Å². The normalized spacial score (nSPS) is 14.1. The van der Waals surface area contributed by atoms with Gasteiger partial charge in [0.25, 0.3) is 0 Å². The summed E-state index contributed by atoms with van der Waals surface area (Å²) in [4.78, 5) is 36.8. The average Bonchev–Trinajstić information content (AvgIpc) is 2.91. The zero-order valence-corrected chi connectivity index (χ0v) is 21.8. The van der Waals surface area contributed by atoms with Crippen LogP contribution in [0.15, 0.2) is 91.0 Å². The Labute approximate surface area is 219 Å². The van der Waals surface area contributed by atoms with Crippen molar-refractivity contribution in [2.75, 3.05) is 6.61 Å². The van der Waals surface area contributed by atoms with Crippen molar-refractivity contribution in [3.05, 3.63) is 108 Å². The largest absolute Gasteiger partial charge is 0.462 e. The molecule has 0 saturated heterocycles. The minimum atomic E-state index is -0.632. The van der Waals surface area contributed by atoms with Crippen molar-refractivity contribution < 1.29 is 28.6 Å². The molecule has 0 aromatic heterocycles.